The Morgan fingerprint density at radius 3 is 2.41 bits per heavy atom. The molecule has 1 rings (SSSR count). The van der Waals surface area contributed by atoms with Gasteiger partial charge in [-0.05, 0) is 18.1 Å². The number of rotatable bonds is 3. The fourth-order valence-corrected chi connectivity index (χ4v) is 1.69. The normalized spacial score (nSPS) is 13.2. The summed E-state index contributed by atoms with van der Waals surface area (Å²) in [4.78, 5) is 10.9. The van der Waals surface area contributed by atoms with E-state index in [0.717, 1.165) is 5.56 Å². The summed E-state index contributed by atoms with van der Waals surface area (Å²) in [7, 11) is 0. The number of benzene rings is 1. The van der Waals surface area contributed by atoms with Crippen LogP contribution < -0.4 is 5.32 Å². The maximum atomic E-state index is 12.4. The molecule has 1 aromatic carbocycles. The number of halogens is 3. The number of carbonyl (C=O) groups is 1. The summed E-state index contributed by atoms with van der Waals surface area (Å²) in [6.07, 6.45) is -5.37. The Kier molecular flexibility index (Phi) is 4.15. The molecule has 1 unspecified atom stereocenters. The van der Waals surface area contributed by atoms with Crippen molar-refractivity contribution in [3.8, 4) is 0 Å². The van der Waals surface area contributed by atoms with E-state index in [1.807, 2.05) is 0 Å². The van der Waals surface area contributed by atoms with E-state index < -0.39 is 24.5 Å². The Labute approximate surface area is 97.8 Å². The summed E-state index contributed by atoms with van der Waals surface area (Å²) in [5.41, 5.74) is 1.23. The topological polar surface area (TPSA) is 29.1 Å². The van der Waals surface area contributed by atoms with Crippen LogP contribution in [0.3, 0.4) is 0 Å². The van der Waals surface area contributed by atoms with Crippen molar-refractivity contribution in [1.82, 2.24) is 5.32 Å². The fourth-order valence-electron chi connectivity index (χ4n) is 1.69. The van der Waals surface area contributed by atoms with Gasteiger partial charge in [0.2, 0.25) is 5.91 Å². The minimum absolute atomic E-state index is 0.470. The van der Waals surface area contributed by atoms with Crippen molar-refractivity contribution in [2.75, 3.05) is 0 Å². The zero-order chi connectivity index (χ0) is 13.1. The van der Waals surface area contributed by atoms with Gasteiger partial charge in [-0.1, -0.05) is 24.3 Å². The van der Waals surface area contributed by atoms with E-state index in [1.165, 1.54) is 6.92 Å². The minimum Gasteiger partial charge on any atom is -0.349 e. The molecule has 0 aliphatic carbocycles. The monoisotopic (exact) mass is 245 g/mol. The number of nitrogens with one attached hydrogen (secondary N) is 1. The lowest BCUT2D eigenvalue weighted by molar-refractivity contribution is -0.142. The molecule has 0 aliphatic rings. The van der Waals surface area contributed by atoms with E-state index in [2.05, 4.69) is 5.32 Å². The molecule has 0 radical (unpaired) electrons. The van der Waals surface area contributed by atoms with Crippen LogP contribution >= 0.6 is 0 Å². The number of hydrogen-bond donors (Lipinski definition) is 1. The van der Waals surface area contributed by atoms with E-state index in [4.69, 9.17) is 0 Å². The van der Waals surface area contributed by atoms with Crippen molar-refractivity contribution in [2.45, 2.75) is 32.5 Å². The highest BCUT2D eigenvalue weighted by molar-refractivity contribution is 5.73. The average Bonchev–Trinajstić information content (AvgIpc) is 2.14. The molecule has 1 amide bonds. The highest BCUT2D eigenvalue weighted by Gasteiger charge is 2.33. The first-order valence-corrected chi connectivity index (χ1v) is 5.19. The van der Waals surface area contributed by atoms with Gasteiger partial charge in [-0.2, -0.15) is 13.2 Å². The largest absolute Gasteiger partial charge is 0.391 e. The molecule has 5 heteroatoms. The lowest BCUT2D eigenvalue weighted by atomic mass is 9.98. The second kappa shape index (κ2) is 5.21. The van der Waals surface area contributed by atoms with Crippen molar-refractivity contribution in [1.29, 1.82) is 0 Å². The Bertz CT molecular complexity index is 401. The van der Waals surface area contributed by atoms with E-state index in [-0.39, 0.29) is 0 Å². The van der Waals surface area contributed by atoms with Crippen LogP contribution in [0.25, 0.3) is 0 Å². The van der Waals surface area contributed by atoms with Crippen LogP contribution in [0.15, 0.2) is 24.3 Å². The van der Waals surface area contributed by atoms with Gasteiger partial charge in [-0.15, -0.1) is 0 Å². The first kappa shape index (κ1) is 13.5. The predicted molar refractivity (Wildman–Crippen MR) is 58.4 cm³/mol. The molecule has 1 aromatic rings. The van der Waals surface area contributed by atoms with Gasteiger partial charge in [-0.25, -0.2) is 0 Å². The van der Waals surface area contributed by atoms with E-state index in [1.54, 1.807) is 31.2 Å². The second-order valence-corrected chi connectivity index (χ2v) is 3.93. The van der Waals surface area contributed by atoms with Crippen LogP contribution in [0.2, 0.25) is 0 Å². The second-order valence-electron chi connectivity index (χ2n) is 3.93. The molecule has 1 atom stereocenters. The molecule has 0 aliphatic heterocycles. The molecule has 17 heavy (non-hydrogen) atoms. The molecule has 0 heterocycles. The van der Waals surface area contributed by atoms with Gasteiger partial charge in [0.25, 0.3) is 0 Å². The van der Waals surface area contributed by atoms with Crippen LogP contribution in [-0.4, -0.2) is 12.1 Å². The summed E-state index contributed by atoms with van der Waals surface area (Å²) in [5, 5.41) is 2.33. The molecule has 0 bridgehead atoms. The quantitative estimate of drug-likeness (QED) is 0.870. The van der Waals surface area contributed by atoms with Gasteiger partial charge in [0, 0.05) is 6.92 Å². The fraction of sp³-hybridized carbons (Fsp3) is 0.417. The summed E-state index contributed by atoms with van der Waals surface area (Å²) in [6, 6.07) is 5.71. The number of carbonyl (C=O) groups excluding carboxylic acids is 1. The van der Waals surface area contributed by atoms with Gasteiger partial charge in [0.1, 0.15) is 0 Å². The molecular formula is C12H14F3NO. The Balaban J connectivity index is 2.98. The van der Waals surface area contributed by atoms with Crippen molar-refractivity contribution in [3.63, 3.8) is 0 Å². The number of alkyl halides is 3. The van der Waals surface area contributed by atoms with Gasteiger partial charge in [0.05, 0.1) is 12.5 Å². The summed E-state index contributed by atoms with van der Waals surface area (Å²) in [5.74, 6) is -0.470. The smallest absolute Gasteiger partial charge is 0.349 e. The Morgan fingerprint density at radius 2 is 1.94 bits per heavy atom. The van der Waals surface area contributed by atoms with Crippen molar-refractivity contribution < 1.29 is 18.0 Å². The lowest BCUT2D eigenvalue weighted by Crippen LogP contribution is -2.30. The maximum Gasteiger partial charge on any atom is 0.391 e. The third-order valence-electron chi connectivity index (χ3n) is 2.38. The first-order chi connectivity index (χ1) is 7.79. The summed E-state index contributed by atoms with van der Waals surface area (Å²) < 4.78 is 37.3. The SMILES string of the molecule is CC(=O)NC(CC(F)(F)F)c1ccccc1C. The standard InChI is InChI=1S/C12H14F3NO/c1-8-5-3-4-6-10(8)11(16-9(2)17)7-12(13,14)15/h3-6,11H,7H2,1-2H3,(H,16,17). The third kappa shape index (κ3) is 4.46. The van der Waals surface area contributed by atoms with Crippen LogP contribution in [-0.2, 0) is 4.79 Å². The third-order valence-corrected chi connectivity index (χ3v) is 2.38. The van der Waals surface area contributed by atoms with E-state index >= 15 is 0 Å². The number of hydrogen-bond acceptors (Lipinski definition) is 1. The molecule has 0 saturated carbocycles. The van der Waals surface area contributed by atoms with Crippen LogP contribution in [0.1, 0.15) is 30.5 Å². The number of aryl methyl sites for hydroxylation is 1. The minimum atomic E-state index is -4.31. The summed E-state index contributed by atoms with van der Waals surface area (Å²) >= 11 is 0. The molecular weight excluding hydrogens is 231 g/mol. The van der Waals surface area contributed by atoms with Crippen molar-refractivity contribution in [2.24, 2.45) is 0 Å². The Morgan fingerprint density at radius 1 is 1.35 bits per heavy atom. The van der Waals surface area contributed by atoms with E-state index in [9.17, 15) is 18.0 Å². The molecule has 0 saturated heterocycles. The zero-order valence-corrected chi connectivity index (χ0v) is 9.64. The van der Waals surface area contributed by atoms with Crippen LogP contribution in [0.5, 0.6) is 0 Å². The first-order valence-electron chi connectivity index (χ1n) is 5.19. The maximum absolute atomic E-state index is 12.4. The van der Waals surface area contributed by atoms with E-state index in [0.29, 0.717) is 5.56 Å². The van der Waals surface area contributed by atoms with Gasteiger partial charge in [0.15, 0.2) is 0 Å². The molecule has 0 spiro atoms. The molecule has 1 N–H and O–H groups in total. The van der Waals surface area contributed by atoms with Crippen LogP contribution in [0, 0.1) is 6.92 Å². The summed E-state index contributed by atoms with van der Waals surface area (Å²) in [6.45, 7) is 2.93. The molecule has 0 fully saturated rings. The zero-order valence-electron chi connectivity index (χ0n) is 9.64. The van der Waals surface area contributed by atoms with Gasteiger partial charge in [-0.3, -0.25) is 4.79 Å². The van der Waals surface area contributed by atoms with Crippen molar-refractivity contribution in [3.05, 3.63) is 35.4 Å². The van der Waals surface area contributed by atoms with Crippen LogP contribution in [0.4, 0.5) is 13.2 Å². The lowest BCUT2D eigenvalue weighted by Gasteiger charge is -2.21. The van der Waals surface area contributed by atoms with Gasteiger partial charge < -0.3 is 5.32 Å². The average molecular weight is 245 g/mol. The molecule has 94 valence electrons. The highest BCUT2D eigenvalue weighted by Crippen LogP contribution is 2.30. The molecule has 2 nitrogen and oxygen atoms in total. The predicted octanol–water partition coefficient (Wildman–Crippen LogP) is 3.12. The van der Waals surface area contributed by atoms with Gasteiger partial charge >= 0.3 is 6.18 Å². The highest BCUT2D eigenvalue weighted by atomic mass is 19.4. The number of amides is 1. The van der Waals surface area contributed by atoms with Crippen molar-refractivity contribution >= 4 is 5.91 Å². The Hall–Kier alpha value is -1.52. The molecule has 0 aromatic heterocycles.